The Morgan fingerprint density at radius 2 is 2.00 bits per heavy atom. The maximum absolute atomic E-state index is 11.4. The van der Waals surface area contributed by atoms with Crippen LogP contribution in [-0.2, 0) is 11.2 Å². The van der Waals surface area contributed by atoms with Gasteiger partial charge in [0, 0.05) is 24.5 Å². The molecule has 16 heavy (non-hydrogen) atoms. The topological polar surface area (TPSA) is 60.2 Å². The Balaban J connectivity index is 2.05. The van der Waals surface area contributed by atoms with E-state index in [9.17, 15) is 14.9 Å². The van der Waals surface area contributed by atoms with Gasteiger partial charge in [-0.2, -0.15) is 0 Å². The molecule has 84 valence electrons. The first-order valence-electron chi connectivity index (χ1n) is 5.43. The number of hydrogen-bond donors (Lipinski definition) is 0. The number of hydrogen-bond acceptors (Lipinski definition) is 3. The molecule has 0 aliphatic heterocycles. The van der Waals surface area contributed by atoms with Crippen LogP contribution in [0.25, 0.3) is 0 Å². The van der Waals surface area contributed by atoms with Gasteiger partial charge in [0.1, 0.15) is 5.78 Å². The van der Waals surface area contributed by atoms with Crippen LogP contribution in [0.4, 0.5) is 5.69 Å². The SMILES string of the molecule is O=C1CCC[C@@H]1Cc1ccc([N+](=O)[O-])cc1. The van der Waals surface area contributed by atoms with Gasteiger partial charge in [0.25, 0.3) is 5.69 Å². The lowest BCUT2D eigenvalue weighted by atomic mass is 9.97. The molecule has 4 heteroatoms. The molecule has 0 amide bonds. The summed E-state index contributed by atoms with van der Waals surface area (Å²) >= 11 is 0. The van der Waals surface area contributed by atoms with Crippen molar-refractivity contribution in [2.45, 2.75) is 25.7 Å². The molecule has 2 rings (SSSR count). The Bertz CT molecular complexity index is 411. The molecule has 1 aliphatic carbocycles. The van der Waals surface area contributed by atoms with Gasteiger partial charge in [-0.15, -0.1) is 0 Å². The zero-order chi connectivity index (χ0) is 11.5. The van der Waals surface area contributed by atoms with E-state index in [1.54, 1.807) is 12.1 Å². The predicted molar refractivity (Wildman–Crippen MR) is 59.1 cm³/mol. The summed E-state index contributed by atoms with van der Waals surface area (Å²) in [5.41, 5.74) is 1.10. The number of carbonyl (C=O) groups excluding carboxylic acids is 1. The van der Waals surface area contributed by atoms with Crippen molar-refractivity contribution in [2.75, 3.05) is 0 Å². The Labute approximate surface area is 93.4 Å². The molecule has 0 unspecified atom stereocenters. The zero-order valence-electron chi connectivity index (χ0n) is 8.89. The number of benzene rings is 1. The standard InChI is InChI=1S/C12H13NO3/c14-12-3-1-2-10(12)8-9-4-6-11(7-5-9)13(15)16/h4-7,10H,1-3,8H2/t10-/m1/s1. The third-order valence-electron chi connectivity index (χ3n) is 3.06. The molecule has 0 N–H and O–H groups in total. The number of non-ortho nitro benzene ring substituents is 1. The quantitative estimate of drug-likeness (QED) is 0.579. The van der Waals surface area contributed by atoms with E-state index >= 15 is 0 Å². The van der Waals surface area contributed by atoms with Gasteiger partial charge in [0.05, 0.1) is 4.92 Å². The Kier molecular flexibility index (Phi) is 2.99. The molecule has 1 fully saturated rings. The molecule has 1 saturated carbocycles. The fourth-order valence-electron chi connectivity index (χ4n) is 2.14. The van der Waals surface area contributed by atoms with Crippen LogP contribution in [0.3, 0.4) is 0 Å². The molecule has 1 aromatic rings. The van der Waals surface area contributed by atoms with E-state index < -0.39 is 4.92 Å². The highest BCUT2D eigenvalue weighted by molar-refractivity contribution is 5.83. The van der Waals surface area contributed by atoms with E-state index in [0.29, 0.717) is 12.2 Å². The molecule has 1 aliphatic rings. The zero-order valence-corrected chi connectivity index (χ0v) is 8.89. The summed E-state index contributed by atoms with van der Waals surface area (Å²) in [6.07, 6.45) is 3.35. The van der Waals surface area contributed by atoms with Gasteiger partial charge in [-0.25, -0.2) is 0 Å². The largest absolute Gasteiger partial charge is 0.299 e. The van der Waals surface area contributed by atoms with Gasteiger partial charge in [-0.1, -0.05) is 12.1 Å². The first-order chi connectivity index (χ1) is 7.66. The molecule has 0 spiro atoms. The van der Waals surface area contributed by atoms with Crippen molar-refractivity contribution >= 4 is 11.5 Å². The number of ketones is 1. The molecule has 1 aromatic carbocycles. The van der Waals surface area contributed by atoms with Gasteiger partial charge in [-0.3, -0.25) is 14.9 Å². The van der Waals surface area contributed by atoms with E-state index in [1.807, 2.05) is 0 Å². The summed E-state index contributed by atoms with van der Waals surface area (Å²) < 4.78 is 0. The van der Waals surface area contributed by atoms with Crippen LogP contribution in [0.15, 0.2) is 24.3 Å². The van der Waals surface area contributed by atoms with Crippen molar-refractivity contribution in [1.29, 1.82) is 0 Å². The Morgan fingerprint density at radius 1 is 1.31 bits per heavy atom. The number of carbonyl (C=O) groups is 1. The first-order valence-corrected chi connectivity index (χ1v) is 5.43. The average molecular weight is 219 g/mol. The summed E-state index contributed by atoms with van der Waals surface area (Å²) in [5.74, 6) is 0.458. The van der Waals surface area contributed by atoms with Gasteiger partial charge in [0.2, 0.25) is 0 Å². The number of rotatable bonds is 3. The summed E-state index contributed by atoms with van der Waals surface area (Å²) in [5, 5.41) is 10.5. The van der Waals surface area contributed by atoms with E-state index in [2.05, 4.69) is 0 Å². The molecule has 0 radical (unpaired) electrons. The van der Waals surface area contributed by atoms with Crippen molar-refractivity contribution in [1.82, 2.24) is 0 Å². The lowest BCUT2D eigenvalue weighted by Gasteiger charge is -2.07. The molecular formula is C12H13NO3. The van der Waals surface area contributed by atoms with E-state index in [1.165, 1.54) is 12.1 Å². The van der Waals surface area contributed by atoms with E-state index in [4.69, 9.17) is 0 Å². The number of Topliss-reactive ketones (excluding diaryl/α,β-unsaturated/α-hetero) is 1. The van der Waals surface area contributed by atoms with Crippen LogP contribution >= 0.6 is 0 Å². The normalized spacial score (nSPS) is 20.0. The van der Waals surface area contributed by atoms with Gasteiger partial charge < -0.3 is 0 Å². The second-order valence-corrected chi connectivity index (χ2v) is 4.18. The van der Waals surface area contributed by atoms with Crippen molar-refractivity contribution in [3.05, 3.63) is 39.9 Å². The van der Waals surface area contributed by atoms with Gasteiger partial charge in [-0.05, 0) is 24.8 Å². The van der Waals surface area contributed by atoms with Crippen LogP contribution < -0.4 is 0 Å². The summed E-state index contributed by atoms with van der Waals surface area (Å²) in [7, 11) is 0. The lowest BCUT2D eigenvalue weighted by molar-refractivity contribution is -0.384. The van der Waals surface area contributed by atoms with Crippen LogP contribution in [0, 0.1) is 16.0 Å². The maximum atomic E-state index is 11.4. The number of nitro benzene ring substituents is 1. The van der Waals surface area contributed by atoms with Crippen molar-refractivity contribution < 1.29 is 9.72 Å². The maximum Gasteiger partial charge on any atom is 0.269 e. The fraction of sp³-hybridized carbons (Fsp3) is 0.417. The van der Waals surface area contributed by atoms with Crippen LogP contribution in [0.2, 0.25) is 0 Å². The van der Waals surface area contributed by atoms with Crippen molar-refractivity contribution in [3.63, 3.8) is 0 Å². The smallest absolute Gasteiger partial charge is 0.269 e. The average Bonchev–Trinajstić information content (AvgIpc) is 2.65. The summed E-state index contributed by atoms with van der Waals surface area (Å²) in [6.45, 7) is 0. The Hall–Kier alpha value is -1.71. The van der Waals surface area contributed by atoms with Gasteiger partial charge >= 0.3 is 0 Å². The molecule has 0 saturated heterocycles. The monoisotopic (exact) mass is 219 g/mol. The van der Waals surface area contributed by atoms with Gasteiger partial charge in [0.15, 0.2) is 0 Å². The second kappa shape index (κ2) is 4.43. The minimum atomic E-state index is -0.412. The number of nitrogens with zero attached hydrogens (tertiary/aromatic N) is 1. The van der Waals surface area contributed by atoms with Crippen molar-refractivity contribution in [2.24, 2.45) is 5.92 Å². The molecular weight excluding hydrogens is 206 g/mol. The van der Waals surface area contributed by atoms with Crippen LogP contribution in [0.1, 0.15) is 24.8 Å². The summed E-state index contributed by atoms with van der Waals surface area (Å²) in [4.78, 5) is 21.5. The molecule has 1 atom stereocenters. The highest BCUT2D eigenvalue weighted by Crippen LogP contribution is 2.25. The number of nitro groups is 1. The van der Waals surface area contributed by atoms with E-state index in [-0.39, 0.29) is 11.6 Å². The molecule has 0 heterocycles. The second-order valence-electron chi connectivity index (χ2n) is 4.18. The fourth-order valence-corrected chi connectivity index (χ4v) is 2.14. The molecule has 4 nitrogen and oxygen atoms in total. The van der Waals surface area contributed by atoms with Crippen molar-refractivity contribution in [3.8, 4) is 0 Å². The summed E-state index contributed by atoms with van der Waals surface area (Å²) in [6, 6.07) is 6.47. The van der Waals surface area contributed by atoms with E-state index in [0.717, 1.165) is 24.8 Å². The van der Waals surface area contributed by atoms with Crippen LogP contribution in [-0.4, -0.2) is 10.7 Å². The minimum absolute atomic E-state index is 0.0986. The first kappa shape index (κ1) is 10.8. The Morgan fingerprint density at radius 3 is 2.50 bits per heavy atom. The lowest BCUT2D eigenvalue weighted by Crippen LogP contribution is -2.09. The third-order valence-corrected chi connectivity index (χ3v) is 3.06. The highest BCUT2D eigenvalue weighted by atomic mass is 16.6. The van der Waals surface area contributed by atoms with Crippen LogP contribution in [0.5, 0.6) is 0 Å². The minimum Gasteiger partial charge on any atom is -0.299 e. The predicted octanol–water partition coefficient (Wildman–Crippen LogP) is 2.51. The molecule has 0 bridgehead atoms. The molecule has 0 aromatic heterocycles. The third kappa shape index (κ3) is 2.27. The highest BCUT2D eigenvalue weighted by Gasteiger charge is 2.24.